The third kappa shape index (κ3) is 4.44. The largest absolute Gasteiger partial charge is 0.455 e. The van der Waals surface area contributed by atoms with Crippen molar-refractivity contribution in [3.63, 3.8) is 0 Å². The fourth-order valence-corrected chi connectivity index (χ4v) is 6.12. The molecule has 49 heavy (non-hydrogen) atoms. The van der Waals surface area contributed by atoms with Crippen LogP contribution in [0, 0.1) is 0 Å². The highest BCUT2D eigenvalue weighted by atomic mass is 16.3. The number of hydrogen-bond acceptors (Lipinski definition) is 3. The molecule has 0 atom stereocenters. The lowest BCUT2D eigenvalue weighted by atomic mass is 10.0. The fraction of sp³-hybridized carbons (Fsp3) is 0. The Labute approximate surface area is 306 Å². The fourth-order valence-electron chi connectivity index (χ4n) is 6.12. The van der Waals surface area contributed by atoms with Crippen molar-refractivity contribution in [3.05, 3.63) is 176 Å². The van der Waals surface area contributed by atoms with Crippen LogP contribution in [0.2, 0.25) is 0 Å². The summed E-state index contributed by atoms with van der Waals surface area (Å²) in [6, 6.07) is 7.90. The van der Waals surface area contributed by atoms with E-state index in [4.69, 9.17) is 18.4 Å². The summed E-state index contributed by atoms with van der Waals surface area (Å²) in [5.74, 6) is 0. The molecule has 0 aliphatic heterocycles. The lowest BCUT2D eigenvalue weighted by molar-refractivity contribution is 0.670. The van der Waals surface area contributed by atoms with Crippen molar-refractivity contribution < 1.29 is 32.1 Å². The number of benzene rings is 8. The normalized spacial score (nSPS) is 16.5. The second-order valence-corrected chi connectivity index (χ2v) is 11.2. The van der Waals surface area contributed by atoms with Crippen LogP contribution < -0.4 is 4.90 Å². The molecule has 0 fully saturated rings. The van der Waals surface area contributed by atoms with E-state index in [0.717, 1.165) is 10.3 Å². The predicted octanol–water partition coefficient (Wildman–Crippen LogP) is 13.4. The molecule has 0 radical (unpaired) electrons. The van der Waals surface area contributed by atoms with Crippen LogP contribution in [0.4, 0.5) is 17.1 Å². The van der Waals surface area contributed by atoms with E-state index in [1.54, 1.807) is 60.7 Å². The smallest absolute Gasteiger partial charge is 0.143 e. The molecule has 3 heteroatoms. The first-order chi connectivity index (χ1) is 31.4. The quantitative estimate of drug-likeness (QED) is 0.187. The predicted molar refractivity (Wildman–Crippen MR) is 204 cm³/mol. The van der Waals surface area contributed by atoms with E-state index in [-0.39, 0.29) is 27.7 Å². The Kier molecular flexibility index (Phi) is 3.49. The number of hydrogen-bond donors (Lipinski definition) is 0. The summed E-state index contributed by atoms with van der Waals surface area (Å²) in [6.45, 7) is 0. The van der Waals surface area contributed by atoms with Gasteiger partial charge in [0.25, 0.3) is 0 Å². The molecule has 0 spiro atoms. The van der Waals surface area contributed by atoms with Crippen LogP contribution in [0.1, 0.15) is 23.3 Å². The van der Waals surface area contributed by atoms with Crippen molar-refractivity contribution in [2.24, 2.45) is 0 Å². The molecule has 0 N–H and O–H groups in total. The standard InChI is InChI=1S/C46H29NO2/c1-2-10-30(11-3-1)31-20-25-34(26-21-31)47(41-17-9-19-43-44(41)40-29-24-32-12-4-5-13-36(32)46(40)49-43)35-27-22-33(23-28-35)37-15-8-16-39-38-14-6-7-18-42(38)48-45(37)39/h1-29H/i4D,5D,9D,12D,13D,17D,19D,20D,21D,22D,23D,24D,25D,26D,27D,28D,29D. The molecule has 0 aliphatic rings. The van der Waals surface area contributed by atoms with E-state index >= 15 is 0 Å². The molecule has 0 unspecified atom stereocenters. The molecule has 230 valence electrons. The van der Waals surface area contributed by atoms with E-state index in [9.17, 15) is 13.7 Å². The Morgan fingerprint density at radius 1 is 0.429 bits per heavy atom. The third-order valence-electron chi connectivity index (χ3n) is 8.36. The van der Waals surface area contributed by atoms with Crippen LogP contribution in [0.5, 0.6) is 0 Å². The molecule has 10 rings (SSSR count). The van der Waals surface area contributed by atoms with Gasteiger partial charge in [0.15, 0.2) is 0 Å². The maximum Gasteiger partial charge on any atom is 0.143 e. The summed E-state index contributed by atoms with van der Waals surface area (Å²) in [7, 11) is 0. The maximum absolute atomic E-state index is 9.67. The lowest BCUT2D eigenvalue weighted by Gasteiger charge is -2.26. The lowest BCUT2D eigenvalue weighted by Crippen LogP contribution is -2.10. The van der Waals surface area contributed by atoms with Crippen LogP contribution in [-0.2, 0) is 0 Å². The van der Waals surface area contributed by atoms with Crippen molar-refractivity contribution in [1.29, 1.82) is 0 Å². The highest BCUT2D eigenvalue weighted by Gasteiger charge is 2.21. The molecule has 3 nitrogen and oxygen atoms in total. The van der Waals surface area contributed by atoms with Gasteiger partial charge in [0.2, 0.25) is 0 Å². The molecular formula is C46H29NO2. The van der Waals surface area contributed by atoms with Crippen LogP contribution in [0.3, 0.4) is 0 Å². The summed E-state index contributed by atoms with van der Waals surface area (Å²) in [5, 5.41) is -0.268. The SMILES string of the molecule is [2H]c1c([2H])c(N(c2c([2H])c([2H])c(-c3cccc4c3oc3ccccc34)c([2H])c2[2H])c2c([2H])c([2H])c([2H])c3oc4c5c([2H])c([2H])c([2H])c([2H])c5c([2H])c([2H])c4c23)c([2H])c([2H])c1-c1ccccc1. The van der Waals surface area contributed by atoms with Gasteiger partial charge in [-0.25, -0.2) is 0 Å². The number of fused-ring (bicyclic) bond motifs is 8. The van der Waals surface area contributed by atoms with Gasteiger partial charge in [-0.3, -0.25) is 0 Å². The van der Waals surface area contributed by atoms with E-state index in [1.165, 1.54) is 0 Å². The average molecular weight is 645 g/mol. The van der Waals surface area contributed by atoms with Crippen molar-refractivity contribution in [1.82, 2.24) is 0 Å². The Morgan fingerprint density at radius 3 is 1.98 bits per heavy atom. The zero-order chi connectivity index (χ0) is 47.1. The molecule has 0 saturated carbocycles. The van der Waals surface area contributed by atoms with Crippen molar-refractivity contribution in [3.8, 4) is 22.3 Å². The van der Waals surface area contributed by atoms with Gasteiger partial charge >= 0.3 is 0 Å². The van der Waals surface area contributed by atoms with Crippen molar-refractivity contribution >= 4 is 71.7 Å². The van der Waals surface area contributed by atoms with Crippen LogP contribution in [0.15, 0.2) is 184 Å². The molecular weight excluding hydrogens is 599 g/mol. The van der Waals surface area contributed by atoms with Crippen molar-refractivity contribution in [2.75, 3.05) is 4.90 Å². The van der Waals surface area contributed by atoms with Gasteiger partial charge in [-0.05, 0) is 70.4 Å². The van der Waals surface area contributed by atoms with Crippen LogP contribution in [-0.4, -0.2) is 0 Å². The first kappa shape index (κ1) is 15.5. The molecule has 0 amide bonds. The minimum atomic E-state index is -0.881. The minimum absolute atomic E-state index is 0.135. The van der Waals surface area contributed by atoms with Crippen molar-refractivity contribution in [2.45, 2.75) is 0 Å². The monoisotopic (exact) mass is 644 g/mol. The highest BCUT2D eigenvalue weighted by Crippen LogP contribution is 2.45. The highest BCUT2D eigenvalue weighted by molar-refractivity contribution is 6.19. The number of nitrogens with zero attached hydrogens (tertiary/aromatic N) is 1. The second-order valence-electron chi connectivity index (χ2n) is 11.2. The van der Waals surface area contributed by atoms with Crippen LogP contribution >= 0.6 is 0 Å². The zero-order valence-corrected chi connectivity index (χ0v) is 25.2. The summed E-state index contributed by atoms with van der Waals surface area (Å²) >= 11 is 0. The molecule has 2 aromatic heterocycles. The molecule has 8 aromatic carbocycles. The molecule has 0 saturated heterocycles. The zero-order valence-electron chi connectivity index (χ0n) is 42.2. The molecule has 10 aromatic rings. The van der Waals surface area contributed by atoms with Gasteiger partial charge in [-0.15, -0.1) is 0 Å². The molecule has 0 bridgehead atoms. The third-order valence-corrected chi connectivity index (χ3v) is 8.36. The van der Waals surface area contributed by atoms with Gasteiger partial charge in [0.05, 0.1) is 34.4 Å². The molecule has 0 aliphatic carbocycles. The summed E-state index contributed by atoms with van der Waals surface area (Å²) in [4.78, 5) is 0.770. The van der Waals surface area contributed by atoms with E-state index in [0.29, 0.717) is 16.5 Å². The van der Waals surface area contributed by atoms with Gasteiger partial charge in [0, 0.05) is 38.5 Å². The minimum Gasteiger partial charge on any atom is -0.455 e. The number of furan rings is 2. The topological polar surface area (TPSA) is 29.5 Å². The van der Waals surface area contributed by atoms with Gasteiger partial charge in [-0.2, -0.15) is 0 Å². The van der Waals surface area contributed by atoms with E-state index in [1.807, 2.05) is 12.1 Å². The Bertz CT molecular complexity index is 3750. The maximum atomic E-state index is 9.67. The first-order valence-corrected chi connectivity index (χ1v) is 15.2. The van der Waals surface area contributed by atoms with Crippen LogP contribution in [0.25, 0.3) is 76.9 Å². The van der Waals surface area contributed by atoms with Gasteiger partial charge < -0.3 is 13.7 Å². The second kappa shape index (κ2) is 11.0. The van der Waals surface area contributed by atoms with Gasteiger partial charge in [0.1, 0.15) is 22.3 Å². The first-order valence-electron chi connectivity index (χ1n) is 23.7. The number of rotatable bonds is 5. The van der Waals surface area contributed by atoms with E-state index < -0.39 is 147 Å². The summed E-state index contributed by atoms with van der Waals surface area (Å²) < 4.78 is 168. The Morgan fingerprint density at radius 2 is 1.14 bits per heavy atom. The average Bonchev–Trinajstić information content (AvgIpc) is 3.90. The summed E-state index contributed by atoms with van der Waals surface area (Å²) in [5.41, 5.74) is -2.19. The van der Waals surface area contributed by atoms with Gasteiger partial charge in [-0.1, -0.05) is 127 Å². The summed E-state index contributed by atoms with van der Waals surface area (Å²) in [6.07, 6.45) is 0. The number of anilines is 3. The Hall–Kier alpha value is -6.58. The number of para-hydroxylation sites is 2. The Balaban J connectivity index is 1.40. The molecule has 2 heterocycles. The van der Waals surface area contributed by atoms with E-state index in [2.05, 4.69) is 0 Å².